The number of barbiturate groups is 1. The molecular formula is C19H26N5O3+. The fourth-order valence-electron chi connectivity index (χ4n) is 3.28. The van der Waals surface area contributed by atoms with Crippen molar-refractivity contribution < 1.29 is 19.3 Å². The molecule has 2 heterocycles. The Morgan fingerprint density at radius 3 is 2.52 bits per heavy atom. The first-order chi connectivity index (χ1) is 13.0. The van der Waals surface area contributed by atoms with Crippen LogP contribution in [0.5, 0.6) is 0 Å². The summed E-state index contributed by atoms with van der Waals surface area (Å²) in [6, 6.07) is 8.56. The molecule has 2 aliphatic rings. The van der Waals surface area contributed by atoms with Crippen LogP contribution in [0.15, 0.2) is 42.1 Å². The number of rotatable bonds is 5. The molecule has 0 saturated carbocycles. The van der Waals surface area contributed by atoms with E-state index in [0.29, 0.717) is 5.70 Å². The summed E-state index contributed by atoms with van der Waals surface area (Å²) in [6.45, 7) is 5.50. The van der Waals surface area contributed by atoms with Gasteiger partial charge in [0, 0.05) is 5.70 Å². The summed E-state index contributed by atoms with van der Waals surface area (Å²) in [5, 5.41) is 4.33. The summed E-state index contributed by atoms with van der Waals surface area (Å²) < 4.78 is 0. The van der Waals surface area contributed by atoms with Gasteiger partial charge in [-0.1, -0.05) is 36.4 Å². The highest BCUT2D eigenvalue weighted by atomic mass is 16.2. The maximum Gasteiger partial charge on any atom is 0.331 e. The van der Waals surface area contributed by atoms with Crippen molar-refractivity contribution in [2.45, 2.75) is 13.5 Å². The lowest BCUT2D eigenvalue weighted by atomic mass is 10.00. The maximum atomic E-state index is 13.0. The molecule has 0 aromatic heterocycles. The number of nitrogens with zero attached hydrogens (tertiary/aromatic N) is 2. The number of urea groups is 1. The van der Waals surface area contributed by atoms with Crippen LogP contribution < -0.4 is 15.6 Å². The lowest BCUT2D eigenvalue weighted by molar-refractivity contribution is -0.884. The van der Waals surface area contributed by atoms with E-state index in [1.54, 1.807) is 13.0 Å². The normalized spacial score (nSPS) is 22.7. The lowest BCUT2D eigenvalue weighted by Crippen LogP contribution is -3.12. The number of carbonyl (C=O) groups is 3. The van der Waals surface area contributed by atoms with Crippen LogP contribution in [-0.2, 0) is 16.1 Å². The SMILES string of the molecule is C/C=C(/NN1CC[NH+](C)CC1)[C@@H]1C(=O)NC(=O)N(Cc2ccccc2)C1=O. The van der Waals surface area contributed by atoms with E-state index >= 15 is 0 Å². The Hall–Kier alpha value is -2.71. The predicted molar refractivity (Wildman–Crippen MR) is 99.1 cm³/mol. The van der Waals surface area contributed by atoms with Gasteiger partial charge in [0.1, 0.15) is 0 Å². The first kappa shape index (κ1) is 19.1. The summed E-state index contributed by atoms with van der Waals surface area (Å²) in [5.74, 6) is -2.15. The Bertz CT molecular complexity index is 741. The fraction of sp³-hybridized carbons (Fsp3) is 0.421. The van der Waals surface area contributed by atoms with Crippen molar-refractivity contribution in [3.05, 3.63) is 47.7 Å². The zero-order chi connectivity index (χ0) is 19.4. The quantitative estimate of drug-likeness (QED) is 0.585. The van der Waals surface area contributed by atoms with Crippen LogP contribution in [0.1, 0.15) is 12.5 Å². The van der Waals surface area contributed by atoms with Crippen LogP contribution in [0.4, 0.5) is 4.79 Å². The molecule has 0 aliphatic carbocycles. The molecule has 0 radical (unpaired) electrons. The summed E-state index contributed by atoms with van der Waals surface area (Å²) >= 11 is 0. The summed E-state index contributed by atoms with van der Waals surface area (Å²) in [4.78, 5) is 40.2. The molecule has 2 fully saturated rings. The monoisotopic (exact) mass is 372 g/mol. The van der Waals surface area contributed by atoms with E-state index in [1.807, 2.05) is 35.3 Å². The Balaban J connectivity index is 1.75. The number of hydrogen-bond acceptors (Lipinski definition) is 5. The molecule has 1 atom stereocenters. The number of allylic oxidation sites excluding steroid dienone is 1. The molecule has 3 N–H and O–H groups in total. The van der Waals surface area contributed by atoms with E-state index < -0.39 is 23.8 Å². The van der Waals surface area contributed by atoms with Gasteiger partial charge < -0.3 is 10.3 Å². The van der Waals surface area contributed by atoms with Crippen molar-refractivity contribution in [3.63, 3.8) is 0 Å². The molecule has 2 aliphatic heterocycles. The van der Waals surface area contributed by atoms with Gasteiger partial charge in [0.15, 0.2) is 5.92 Å². The minimum atomic E-state index is -1.05. The Morgan fingerprint density at radius 1 is 1.22 bits per heavy atom. The van der Waals surface area contributed by atoms with Crippen molar-refractivity contribution in [2.75, 3.05) is 33.2 Å². The summed E-state index contributed by atoms with van der Waals surface area (Å²) in [7, 11) is 2.14. The van der Waals surface area contributed by atoms with E-state index in [1.165, 1.54) is 4.90 Å². The van der Waals surface area contributed by atoms with Crippen molar-refractivity contribution >= 4 is 17.8 Å². The molecule has 0 spiro atoms. The largest absolute Gasteiger partial charge is 0.335 e. The minimum absolute atomic E-state index is 0.129. The van der Waals surface area contributed by atoms with Gasteiger partial charge in [0.25, 0.3) is 0 Å². The van der Waals surface area contributed by atoms with Gasteiger partial charge in [-0.05, 0) is 12.5 Å². The molecule has 3 rings (SSSR count). The highest BCUT2D eigenvalue weighted by Crippen LogP contribution is 2.20. The Labute approximate surface area is 158 Å². The number of amides is 4. The number of nitrogens with one attached hydrogen (secondary N) is 3. The second-order valence-corrected chi connectivity index (χ2v) is 6.94. The minimum Gasteiger partial charge on any atom is -0.335 e. The lowest BCUT2D eigenvalue weighted by Gasteiger charge is -2.35. The number of piperazine rings is 1. The Morgan fingerprint density at radius 2 is 1.89 bits per heavy atom. The summed E-state index contributed by atoms with van der Waals surface area (Å²) in [6.07, 6.45) is 1.73. The van der Waals surface area contributed by atoms with Crippen molar-refractivity contribution in [1.29, 1.82) is 0 Å². The van der Waals surface area contributed by atoms with E-state index in [-0.39, 0.29) is 6.54 Å². The third-order valence-corrected chi connectivity index (χ3v) is 4.96. The summed E-state index contributed by atoms with van der Waals surface area (Å²) in [5.41, 5.74) is 4.54. The van der Waals surface area contributed by atoms with Crippen molar-refractivity contribution in [1.82, 2.24) is 20.7 Å². The van der Waals surface area contributed by atoms with Crippen LogP contribution in [0, 0.1) is 5.92 Å². The second kappa shape index (κ2) is 8.32. The molecule has 0 unspecified atom stereocenters. The molecule has 1 aromatic rings. The smallest absolute Gasteiger partial charge is 0.331 e. The molecule has 0 bridgehead atoms. The van der Waals surface area contributed by atoms with Gasteiger partial charge in [-0.2, -0.15) is 0 Å². The van der Waals surface area contributed by atoms with Gasteiger partial charge in [-0.15, -0.1) is 0 Å². The third kappa shape index (κ3) is 4.35. The first-order valence-electron chi connectivity index (χ1n) is 9.19. The number of carbonyl (C=O) groups excluding carboxylic acids is 3. The maximum absolute atomic E-state index is 13.0. The molecule has 1 aromatic carbocycles. The van der Waals surface area contributed by atoms with Gasteiger partial charge >= 0.3 is 6.03 Å². The fourth-order valence-corrected chi connectivity index (χ4v) is 3.28. The van der Waals surface area contributed by atoms with Crippen LogP contribution in [0.2, 0.25) is 0 Å². The number of hydrazine groups is 1. The molecule has 144 valence electrons. The topological polar surface area (TPSA) is 86.2 Å². The molecule has 8 heteroatoms. The molecular weight excluding hydrogens is 346 g/mol. The van der Waals surface area contributed by atoms with Crippen LogP contribution in [0.25, 0.3) is 0 Å². The van der Waals surface area contributed by atoms with Crippen LogP contribution in [-0.4, -0.2) is 61.0 Å². The van der Waals surface area contributed by atoms with Gasteiger partial charge in [0.05, 0.1) is 39.8 Å². The molecule has 2 saturated heterocycles. The van der Waals surface area contributed by atoms with Gasteiger partial charge in [-0.3, -0.25) is 19.8 Å². The van der Waals surface area contributed by atoms with Gasteiger partial charge in [0.2, 0.25) is 11.8 Å². The molecule has 27 heavy (non-hydrogen) atoms. The van der Waals surface area contributed by atoms with E-state index in [9.17, 15) is 14.4 Å². The highest BCUT2D eigenvalue weighted by molar-refractivity contribution is 6.17. The van der Waals surface area contributed by atoms with Crippen LogP contribution in [0.3, 0.4) is 0 Å². The number of likely N-dealkylation sites (N-methyl/N-ethyl adjacent to an activating group) is 1. The zero-order valence-corrected chi connectivity index (χ0v) is 15.7. The first-order valence-corrected chi connectivity index (χ1v) is 9.19. The molecule has 8 nitrogen and oxygen atoms in total. The average Bonchev–Trinajstić information content (AvgIpc) is 2.66. The zero-order valence-electron chi connectivity index (χ0n) is 15.7. The number of benzene rings is 1. The standard InChI is InChI=1S/C19H25N5O3/c1-3-15(21-23-11-9-22(2)10-12-23)16-17(25)20-19(27)24(18(16)26)13-14-7-5-4-6-8-14/h3-8,16,21H,9-13H2,1-2H3,(H,20,25,27)/p+1/b15-3+/t16-/m1/s1. The van der Waals surface area contributed by atoms with Crippen LogP contribution >= 0.6 is 0 Å². The van der Waals surface area contributed by atoms with E-state index in [2.05, 4.69) is 17.8 Å². The van der Waals surface area contributed by atoms with Crippen molar-refractivity contribution in [2.24, 2.45) is 5.92 Å². The van der Waals surface area contributed by atoms with E-state index in [4.69, 9.17) is 0 Å². The number of hydrogen-bond donors (Lipinski definition) is 3. The number of quaternary nitrogens is 1. The number of imide groups is 2. The molecule has 4 amide bonds. The second-order valence-electron chi connectivity index (χ2n) is 6.94. The predicted octanol–water partition coefficient (Wildman–Crippen LogP) is -0.880. The average molecular weight is 372 g/mol. The van der Waals surface area contributed by atoms with Crippen molar-refractivity contribution in [3.8, 4) is 0 Å². The van der Waals surface area contributed by atoms with E-state index in [0.717, 1.165) is 36.6 Å². The highest BCUT2D eigenvalue weighted by Gasteiger charge is 2.43. The Kier molecular flexibility index (Phi) is 5.88. The third-order valence-electron chi connectivity index (χ3n) is 4.96. The van der Waals surface area contributed by atoms with Gasteiger partial charge in [-0.25, -0.2) is 9.80 Å².